The quantitative estimate of drug-likeness (QED) is 0.744. The van der Waals surface area contributed by atoms with Crippen molar-refractivity contribution in [2.45, 2.75) is 45.1 Å². The average molecular weight is 268 g/mol. The number of hydrogen-bond donors (Lipinski definition) is 2. The highest BCUT2D eigenvalue weighted by molar-refractivity contribution is 5.95. The smallest absolute Gasteiger partial charge is 0.321 e. The van der Waals surface area contributed by atoms with Crippen LogP contribution in [0.15, 0.2) is 0 Å². The first-order valence-corrected chi connectivity index (χ1v) is 6.83. The Kier molecular flexibility index (Phi) is 4.39. The van der Waals surface area contributed by atoms with Gasteiger partial charge in [-0.1, -0.05) is 19.8 Å². The Morgan fingerprint density at radius 3 is 2.42 bits per heavy atom. The molecule has 0 aromatic rings. The van der Waals surface area contributed by atoms with Crippen molar-refractivity contribution >= 4 is 17.9 Å². The molecule has 0 unspecified atom stereocenters. The van der Waals surface area contributed by atoms with E-state index in [4.69, 9.17) is 4.74 Å². The van der Waals surface area contributed by atoms with E-state index in [1.54, 1.807) is 0 Å². The van der Waals surface area contributed by atoms with Crippen molar-refractivity contribution in [2.75, 3.05) is 6.61 Å². The Bertz CT molecular complexity index is 377. The number of esters is 1. The third-order valence-electron chi connectivity index (χ3n) is 3.70. The van der Waals surface area contributed by atoms with Crippen LogP contribution in [0.3, 0.4) is 0 Å². The summed E-state index contributed by atoms with van der Waals surface area (Å²) in [5.41, 5.74) is 0. The number of carbonyl (C=O) groups excluding carboxylic acids is 3. The standard InChI is InChI=1S/C13H20N2O4/c1-8-6-10(8)12(17)19-7-11(16)15-13(18)14-9-4-2-3-5-9/h8-10H,2-7H2,1H3,(H2,14,15,16,18)/t8-,10-/m0/s1. The highest BCUT2D eigenvalue weighted by Crippen LogP contribution is 2.38. The van der Waals surface area contributed by atoms with Crippen LogP contribution in [0.25, 0.3) is 0 Å². The molecular weight excluding hydrogens is 248 g/mol. The predicted molar refractivity (Wildman–Crippen MR) is 67.2 cm³/mol. The van der Waals surface area contributed by atoms with Crippen molar-refractivity contribution < 1.29 is 19.1 Å². The van der Waals surface area contributed by atoms with Crippen LogP contribution in [0.4, 0.5) is 4.79 Å². The maximum atomic E-state index is 11.5. The summed E-state index contributed by atoms with van der Waals surface area (Å²) >= 11 is 0. The summed E-state index contributed by atoms with van der Waals surface area (Å²) in [6.07, 6.45) is 4.95. The van der Waals surface area contributed by atoms with Gasteiger partial charge < -0.3 is 10.1 Å². The third-order valence-corrected chi connectivity index (χ3v) is 3.70. The summed E-state index contributed by atoms with van der Waals surface area (Å²) in [6.45, 7) is 1.57. The molecule has 0 saturated heterocycles. The van der Waals surface area contributed by atoms with E-state index >= 15 is 0 Å². The molecule has 3 amide bonds. The highest BCUT2D eigenvalue weighted by atomic mass is 16.5. The van der Waals surface area contributed by atoms with Crippen molar-refractivity contribution in [3.8, 4) is 0 Å². The summed E-state index contributed by atoms with van der Waals surface area (Å²) in [4.78, 5) is 34.3. The van der Waals surface area contributed by atoms with Gasteiger partial charge in [-0.15, -0.1) is 0 Å². The molecule has 0 heterocycles. The van der Waals surface area contributed by atoms with Gasteiger partial charge in [-0.2, -0.15) is 0 Å². The van der Waals surface area contributed by atoms with Crippen molar-refractivity contribution in [2.24, 2.45) is 11.8 Å². The van der Waals surface area contributed by atoms with E-state index < -0.39 is 11.9 Å². The number of rotatable bonds is 4. The Morgan fingerprint density at radius 2 is 1.84 bits per heavy atom. The first-order valence-electron chi connectivity index (χ1n) is 6.83. The molecule has 0 aliphatic heterocycles. The minimum atomic E-state index is -0.586. The zero-order chi connectivity index (χ0) is 13.8. The fourth-order valence-corrected chi connectivity index (χ4v) is 2.35. The van der Waals surface area contributed by atoms with Crippen LogP contribution in [0, 0.1) is 11.8 Å². The number of amides is 3. The van der Waals surface area contributed by atoms with Gasteiger partial charge in [0.25, 0.3) is 5.91 Å². The topological polar surface area (TPSA) is 84.5 Å². The molecule has 2 N–H and O–H groups in total. The molecule has 2 fully saturated rings. The molecule has 0 aromatic carbocycles. The number of nitrogens with one attached hydrogen (secondary N) is 2. The fourth-order valence-electron chi connectivity index (χ4n) is 2.35. The minimum Gasteiger partial charge on any atom is -0.455 e. The van der Waals surface area contributed by atoms with Crippen LogP contribution in [-0.2, 0) is 14.3 Å². The van der Waals surface area contributed by atoms with Crippen molar-refractivity contribution in [3.63, 3.8) is 0 Å². The Morgan fingerprint density at radius 1 is 1.21 bits per heavy atom. The zero-order valence-electron chi connectivity index (χ0n) is 11.1. The molecule has 0 bridgehead atoms. The van der Waals surface area contributed by atoms with E-state index in [0.717, 1.165) is 32.1 Å². The van der Waals surface area contributed by atoms with Crippen LogP contribution in [0.2, 0.25) is 0 Å². The van der Waals surface area contributed by atoms with Gasteiger partial charge in [0.05, 0.1) is 5.92 Å². The summed E-state index contributed by atoms with van der Waals surface area (Å²) in [7, 11) is 0. The van der Waals surface area contributed by atoms with Gasteiger partial charge >= 0.3 is 12.0 Å². The zero-order valence-corrected chi connectivity index (χ0v) is 11.1. The molecule has 2 aliphatic carbocycles. The van der Waals surface area contributed by atoms with Crippen molar-refractivity contribution in [1.82, 2.24) is 10.6 Å². The molecule has 0 aromatic heterocycles. The van der Waals surface area contributed by atoms with Gasteiger partial charge in [-0.05, 0) is 25.2 Å². The number of carbonyl (C=O) groups is 3. The summed E-state index contributed by atoms with van der Waals surface area (Å²) < 4.78 is 4.84. The molecule has 6 nitrogen and oxygen atoms in total. The number of imide groups is 1. The molecule has 2 saturated carbocycles. The van der Waals surface area contributed by atoms with Crippen LogP contribution < -0.4 is 10.6 Å². The van der Waals surface area contributed by atoms with E-state index in [0.29, 0.717) is 5.92 Å². The maximum absolute atomic E-state index is 11.5. The molecule has 6 heteroatoms. The molecule has 19 heavy (non-hydrogen) atoms. The van der Waals surface area contributed by atoms with Gasteiger partial charge in [0.15, 0.2) is 6.61 Å². The lowest BCUT2D eigenvalue weighted by Gasteiger charge is -2.12. The number of urea groups is 1. The second kappa shape index (κ2) is 6.04. The molecule has 2 rings (SSSR count). The van der Waals surface area contributed by atoms with Gasteiger partial charge in [0, 0.05) is 6.04 Å². The van der Waals surface area contributed by atoms with Crippen molar-refractivity contribution in [1.29, 1.82) is 0 Å². The van der Waals surface area contributed by atoms with E-state index in [1.165, 1.54) is 0 Å². The van der Waals surface area contributed by atoms with E-state index in [2.05, 4.69) is 10.6 Å². The van der Waals surface area contributed by atoms with Gasteiger partial charge in [-0.25, -0.2) is 4.79 Å². The third kappa shape index (κ3) is 4.22. The summed E-state index contributed by atoms with van der Waals surface area (Å²) in [6, 6.07) is -0.351. The lowest BCUT2D eigenvalue weighted by Crippen LogP contribution is -2.45. The SMILES string of the molecule is C[C@H]1C[C@@H]1C(=O)OCC(=O)NC(=O)NC1CCCC1. The minimum absolute atomic E-state index is 0.0693. The first kappa shape index (κ1) is 13.8. The summed E-state index contributed by atoms with van der Waals surface area (Å²) in [5.74, 6) is -0.655. The lowest BCUT2D eigenvalue weighted by molar-refractivity contribution is -0.149. The monoisotopic (exact) mass is 268 g/mol. The van der Waals surface area contributed by atoms with E-state index in [1.807, 2.05) is 6.92 Å². The van der Waals surface area contributed by atoms with E-state index in [-0.39, 0.29) is 24.5 Å². The van der Waals surface area contributed by atoms with Crippen molar-refractivity contribution in [3.05, 3.63) is 0 Å². The molecule has 2 aliphatic rings. The maximum Gasteiger partial charge on any atom is 0.321 e. The largest absolute Gasteiger partial charge is 0.455 e. The van der Waals surface area contributed by atoms with Gasteiger partial charge in [0.2, 0.25) is 0 Å². The Balaban J connectivity index is 1.60. The Labute approximate surface area is 112 Å². The van der Waals surface area contributed by atoms with Crippen LogP contribution in [-0.4, -0.2) is 30.6 Å². The normalized spacial score (nSPS) is 25.7. The lowest BCUT2D eigenvalue weighted by atomic mass is 10.2. The molecule has 2 atom stereocenters. The first-order chi connectivity index (χ1) is 9.06. The van der Waals surface area contributed by atoms with Crippen LogP contribution in [0.1, 0.15) is 39.0 Å². The van der Waals surface area contributed by atoms with E-state index in [9.17, 15) is 14.4 Å². The number of ether oxygens (including phenoxy) is 1. The average Bonchev–Trinajstić information content (AvgIpc) is 2.87. The van der Waals surface area contributed by atoms with Gasteiger partial charge in [-0.3, -0.25) is 14.9 Å². The predicted octanol–water partition coefficient (Wildman–Crippen LogP) is 0.954. The molecule has 106 valence electrons. The second-order valence-electron chi connectivity index (χ2n) is 5.43. The van der Waals surface area contributed by atoms with Gasteiger partial charge in [0.1, 0.15) is 0 Å². The second-order valence-corrected chi connectivity index (χ2v) is 5.43. The molecule has 0 spiro atoms. The fraction of sp³-hybridized carbons (Fsp3) is 0.769. The highest BCUT2D eigenvalue weighted by Gasteiger charge is 2.40. The van der Waals surface area contributed by atoms with Crippen LogP contribution in [0.5, 0.6) is 0 Å². The molecule has 0 radical (unpaired) electrons. The number of hydrogen-bond acceptors (Lipinski definition) is 4. The Hall–Kier alpha value is -1.59. The summed E-state index contributed by atoms with van der Waals surface area (Å²) in [5, 5.41) is 4.89. The van der Waals surface area contributed by atoms with Crippen LogP contribution >= 0.6 is 0 Å². The molecular formula is C13H20N2O4.